The van der Waals surface area contributed by atoms with E-state index in [1.807, 2.05) is 0 Å². The molecule has 0 spiro atoms. The molecular weight excluding hydrogens is 356 g/mol. The minimum absolute atomic E-state index is 0.195. The summed E-state index contributed by atoms with van der Waals surface area (Å²) in [5.74, 6) is 0.644. The van der Waals surface area contributed by atoms with Crippen molar-refractivity contribution in [3.05, 3.63) is 53.0 Å². The Morgan fingerprint density at radius 1 is 1.14 bits per heavy atom. The zero-order chi connectivity index (χ0) is 15.3. The molecule has 21 heavy (non-hydrogen) atoms. The van der Waals surface area contributed by atoms with Gasteiger partial charge in [-0.1, -0.05) is 22.0 Å². The summed E-state index contributed by atoms with van der Waals surface area (Å²) in [5, 5.41) is 0. The lowest BCUT2D eigenvalue weighted by Gasteiger charge is -2.09. The number of nitrogens with two attached hydrogens (primary N) is 1. The van der Waals surface area contributed by atoms with Gasteiger partial charge in [0.05, 0.1) is 4.90 Å². The summed E-state index contributed by atoms with van der Waals surface area (Å²) in [6, 6.07) is 13.2. The first-order valence-corrected chi connectivity index (χ1v) is 8.50. The Morgan fingerprint density at radius 3 is 2.48 bits per heavy atom. The summed E-state index contributed by atoms with van der Waals surface area (Å²) < 4.78 is 33.0. The molecule has 2 aromatic carbocycles. The van der Waals surface area contributed by atoms with Crippen molar-refractivity contribution in [3.63, 3.8) is 0 Å². The van der Waals surface area contributed by atoms with Gasteiger partial charge >= 0.3 is 0 Å². The third kappa shape index (κ3) is 4.45. The van der Waals surface area contributed by atoms with E-state index in [2.05, 4.69) is 20.7 Å². The Kier molecular flexibility index (Phi) is 5.22. The highest BCUT2D eigenvalue weighted by atomic mass is 79.9. The lowest BCUT2D eigenvalue weighted by atomic mass is 10.3. The maximum Gasteiger partial charge on any atom is 0.261 e. The summed E-state index contributed by atoms with van der Waals surface area (Å²) in [7, 11) is -3.61. The first kappa shape index (κ1) is 15.8. The number of hydrogen-bond acceptors (Lipinski definition) is 4. The smallest absolute Gasteiger partial charge is 0.261 e. The fraction of sp³-hybridized carbons (Fsp3) is 0.143. The molecule has 0 aromatic heterocycles. The van der Waals surface area contributed by atoms with Crippen molar-refractivity contribution in [2.24, 2.45) is 5.73 Å². The number of sulfonamides is 1. The van der Waals surface area contributed by atoms with Crippen molar-refractivity contribution >= 4 is 31.6 Å². The third-order valence-corrected chi connectivity index (χ3v) is 4.47. The van der Waals surface area contributed by atoms with Crippen LogP contribution in [-0.4, -0.2) is 21.6 Å². The molecule has 112 valence electrons. The lowest BCUT2D eigenvalue weighted by molar-refractivity contribution is 0.328. The van der Waals surface area contributed by atoms with Crippen LogP contribution >= 0.6 is 15.9 Å². The fourth-order valence-electron chi connectivity index (χ4n) is 1.64. The highest BCUT2D eigenvalue weighted by molar-refractivity contribution is 9.10. The zero-order valence-corrected chi connectivity index (χ0v) is 13.5. The van der Waals surface area contributed by atoms with Crippen molar-refractivity contribution in [3.8, 4) is 5.75 Å². The van der Waals surface area contributed by atoms with Gasteiger partial charge in [0.1, 0.15) is 12.4 Å². The summed E-state index contributed by atoms with van der Waals surface area (Å²) >= 11 is 3.25. The van der Waals surface area contributed by atoms with Crippen molar-refractivity contribution < 1.29 is 13.2 Å². The quantitative estimate of drug-likeness (QED) is 0.818. The second kappa shape index (κ2) is 6.93. The van der Waals surface area contributed by atoms with E-state index in [0.717, 1.165) is 0 Å². The molecule has 0 bridgehead atoms. The molecule has 0 atom stereocenters. The monoisotopic (exact) mass is 370 g/mol. The number of ether oxygens (including phenoxy) is 1. The van der Waals surface area contributed by atoms with Gasteiger partial charge in [-0.2, -0.15) is 0 Å². The van der Waals surface area contributed by atoms with Gasteiger partial charge in [0.2, 0.25) is 0 Å². The van der Waals surface area contributed by atoms with Gasteiger partial charge in [0.15, 0.2) is 0 Å². The molecular formula is C14H15BrN2O3S. The van der Waals surface area contributed by atoms with E-state index in [1.54, 1.807) is 42.5 Å². The van der Waals surface area contributed by atoms with Crippen LogP contribution in [0.4, 0.5) is 5.69 Å². The molecule has 0 radical (unpaired) electrons. The SMILES string of the molecule is NCCOc1ccc(NS(=O)(=O)c2cccc(Br)c2)cc1. The molecule has 0 aliphatic rings. The molecule has 2 rings (SSSR count). The van der Waals surface area contributed by atoms with Crippen LogP contribution < -0.4 is 15.2 Å². The maximum absolute atomic E-state index is 12.2. The van der Waals surface area contributed by atoms with E-state index in [1.165, 1.54) is 6.07 Å². The molecule has 0 heterocycles. The molecule has 0 aliphatic carbocycles. The van der Waals surface area contributed by atoms with Gasteiger partial charge in [0.25, 0.3) is 10.0 Å². The highest BCUT2D eigenvalue weighted by Crippen LogP contribution is 2.21. The van der Waals surface area contributed by atoms with Crippen LogP contribution in [0.3, 0.4) is 0 Å². The maximum atomic E-state index is 12.2. The first-order chi connectivity index (χ1) is 10.0. The molecule has 7 heteroatoms. The standard InChI is InChI=1S/C14H15BrN2O3S/c15-11-2-1-3-14(10-11)21(18,19)17-12-4-6-13(7-5-12)20-9-8-16/h1-7,10,17H,8-9,16H2. The second-order valence-electron chi connectivity index (χ2n) is 4.22. The van der Waals surface area contributed by atoms with Gasteiger partial charge in [-0.15, -0.1) is 0 Å². The second-order valence-corrected chi connectivity index (χ2v) is 6.82. The van der Waals surface area contributed by atoms with Crippen molar-refractivity contribution in [2.45, 2.75) is 4.90 Å². The summed E-state index contributed by atoms with van der Waals surface area (Å²) in [6.45, 7) is 0.848. The van der Waals surface area contributed by atoms with Crippen molar-refractivity contribution in [1.82, 2.24) is 0 Å². The van der Waals surface area contributed by atoms with Gasteiger partial charge in [0, 0.05) is 16.7 Å². The molecule has 0 fully saturated rings. The van der Waals surface area contributed by atoms with Crippen molar-refractivity contribution in [1.29, 1.82) is 0 Å². The normalized spacial score (nSPS) is 11.1. The van der Waals surface area contributed by atoms with Crippen LogP contribution in [0.25, 0.3) is 0 Å². The van der Waals surface area contributed by atoms with Crippen LogP contribution in [0.2, 0.25) is 0 Å². The van der Waals surface area contributed by atoms with E-state index >= 15 is 0 Å². The first-order valence-electron chi connectivity index (χ1n) is 6.22. The van der Waals surface area contributed by atoms with Crippen LogP contribution in [0.15, 0.2) is 57.9 Å². The molecule has 0 unspecified atom stereocenters. The van der Waals surface area contributed by atoms with Gasteiger partial charge < -0.3 is 10.5 Å². The summed E-state index contributed by atoms with van der Waals surface area (Å²) in [6.07, 6.45) is 0. The van der Waals surface area contributed by atoms with Crippen molar-refractivity contribution in [2.75, 3.05) is 17.9 Å². The molecule has 0 saturated carbocycles. The van der Waals surface area contributed by atoms with Gasteiger partial charge in [-0.25, -0.2) is 8.42 Å². The average molecular weight is 371 g/mol. The number of nitrogens with one attached hydrogen (secondary N) is 1. The van der Waals surface area contributed by atoms with Crippen LogP contribution in [0.1, 0.15) is 0 Å². The number of benzene rings is 2. The number of halogens is 1. The predicted molar refractivity (Wildman–Crippen MR) is 85.9 cm³/mol. The van der Waals surface area contributed by atoms with Crippen LogP contribution in [0, 0.1) is 0 Å². The van der Waals surface area contributed by atoms with E-state index in [4.69, 9.17) is 10.5 Å². The lowest BCUT2D eigenvalue weighted by Crippen LogP contribution is -2.13. The van der Waals surface area contributed by atoms with Crippen LogP contribution in [0.5, 0.6) is 5.75 Å². The minimum Gasteiger partial charge on any atom is -0.492 e. The summed E-state index contributed by atoms with van der Waals surface area (Å²) in [4.78, 5) is 0.195. The Balaban J connectivity index is 2.13. The van der Waals surface area contributed by atoms with Crippen LogP contribution in [-0.2, 0) is 10.0 Å². The van der Waals surface area contributed by atoms with E-state index < -0.39 is 10.0 Å². The third-order valence-electron chi connectivity index (χ3n) is 2.60. The fourth-order valence-corrected chi connectivity index (χ4v) is 3.30. The molecule has 0 aliphatic heterocycles. The number of anilines is 1. The molecule has 2 aromatic rings. The summed E-state index contributed by atoms with van der Waals surface area (Å²) in [5.41, 5.74) is 5.81. The highest BCUT2D eigenvalue weighted by Gasteiger charge is 2.14. The minimum atomic E-state index is -3.61. The Bertz CT molecular complexity index is 702. The van der Waals surface area contributed by atoms with Gasteiger partial charge in [-0.05, 0) is 42.5 Å². The Hall–Kier alpha value is -1.57. The topological polar surface area (TPSA) is 81.4 Å². The Morgan fingerprint density at radius 2 is 1.86 bits per heavy atom. The number of rotatable bonds is 6. The van der Waals surface area contributed by atoms with E-state index in [9.17, 15) is 8.42 Å². The molecule has 0 amide bonds. The van der Waals surface area contributed by atoms with E-state index in [-0.39, 0.29) is 4.90 Å². The van der Waals surface area contributed by atoms with Gasteiger partial charge in [-0.3, -0.25) is 4.72 Å². The predicted octanol–water partition coefficient (Wildman–Crippen LogP) is 2.59. The number of hydrogen-bond donors (Lipinski definition) is 2. The zero-order valence-electron chi connectivity index (χ0n) is 11.1. The molecule has 5 nitrogen and oxygen atoms in total. The van der Waals surface area contributed by atoms with E-state index in [0.29, 0.717) is 29.1 Å². The largest absolute Gasteiger partial charge is 0.492 e. The molecule has 0 saturated heterocycles. The molecule has 3 N–H and O–H groups in total. The Labute approximate surface area is 132 Å². The average Bonchev–Trinajstić information content (AvgIpc) is 2.46.